The Balaban J connectivity index is 1.95. The van der Waals surface area contributed by atoms with Gasteiger partial charge in [0.25, 0.3) is 0 Å². The molecule has 1 aromatic carbocycles. The van der Waals surface area contributed by atoms with Crippen molar-refractivity contribution in [1.29, 1.82) is 0 Å². The molecule has 0 N–H and O–H groups in total. The summed E-state index contributed by atoms with van der Waals surface area (Å²) in [6.07, 6.45) is 6.41. The molecule has 2 aromatic rings. The van der Waals surface area contributed by atoms with Crippen molar-refractivity contribution in [2.24, 2.45) is 0 Å². The first kappa shape index (κ1) is 15.8. The van der Waals surface area contributed by atoms with Crippen LogP contribution in [0.15, 0.2) is 54.7 Å². The molecule has 120 valence electrons. The molecular weight excluding hydrogens is 284 g/mol. The van der Waals surface area contributed by atoms with E-state index in [1.807, 2.05) is 24.4 Å². The standard InChI is InChI=1S/C20H24N2O/c1-3-22(4-2)14-8-11-16-17-10-7-13-21-19(17)15-23-20-12-6-5-9-18(16)20/h5-13,16H,3-4,14-15H2,1-2H3/b11-8+. The van der Waals surface area contributed by atoms with Crippen LogP contribution in [-0.4, -0.2) is 29.5 Å². The Labute approximate surface area is 138 Å². The van der Waals surface area contributed by atoms with Gasteiger partial charge in [-0.05, 0) is 30.8 Å². The highest BCUT2D eigenvalue weighted by Gasteiger charge is 2.22. The molecule has 1 unspecified atom stereocenters. The summed E-state index contributed by atoms with van der Waals surface area (Å²) in [5.74, 6) is 1.16. The predicted molar refractivity (Wildman–Crippen MR) is 93.8 cm³/mol. The van der Waals surface area contributed by atoms with Crippen molar-refractivity contribution in [1.82, 2.24) is 9.88 Å². The zero-order valence-electron chi connectivity index (χ0n) is 13.9. The predicted octanol–water partition coefficient (Wildman–Crippen LogP) is 4.00. The number of allylic oxidation sites excluding steroid dienone is 1. The van der Waals surface area contributed by atoms with E-state index in [9.17, 15) is 0 Å². The molecule has 0 bridgehead atoms. The minimum absolute atomic E-state index is 0.202. The van der Waals surface area contributed by atoms with Gasteiger partial charge in [0.1, 0.15) is 12.4 Å². The number of fused-ring (bicyclic) bond motifs is 2. The Hall–Kier alpha value is -2.13. The largest absolute Gasteiger partial charge is 0.487 e. The highest BCUT2D eigenvalue weighted by atomic mass is 16.5. The van der Waals surface area contributed by atoms with Crippen molar-refractivity contribution >= 4 is 0 Å². The van der Waals surface area contributed by atoms with Gasteiger partial charge >= 0.3 is 0 Å². The number of rotatable bonds is 5. The number of benzene rings is 1. The second-order valence-corrected chi connectivity index (χ2v) is 5.76. The maximum Gasteiger partial charge on any atom is 0.131 e. The summed E-state index contributed by atoms with van der Waals surface area (Å²) in [6.45, 7) is 8.05. The number of ether oxygens (including phenoxy) is 1. The molecule has 1 aliphatic heterocycles. The average Bonchev–Trinajstić information content (AvgIpc) is 2.76. The van der Waals surface area contributed by atoms with Gasteiger partial charge < -0.3 is 9.64 Å². The molecule has 3 rings (SSSR count). The van der Waals surface area contributed by atoms with Gasteiger partial charge in [0.15, 0.2) is 0 Å². The zero-order chi connectivity index (χ0) is 16.1. The molecule has 1 atom stereocenters. The van der Waals surface area contributed by atoms with Gasteiger partial charge in [0.2, 0.25) is 0 Å². The van der Waals surface area contributed by atoms with Gasteiger partial charge in [-0.1, -0.05) is 50.3 Å². The monoisotopic (exact) mass is 308 g/mol. The van der Waals surface area contributed by atoms with E-state index in [0.29, 0.717) is 6.61 Å². The molecule has 3 nitrogen and oxygen atoms in total. The van der Waals surface area contributed by atoms with Crippen LogP contribution >= 0.6 is 0 Å². The molecule has 1 aromatic heterocycles. The van der Waals surface area contributed by atoms with Crippen LogP contribution < -0.4 is 4.74 Å². The van der Waals surface area contributed by atoms with Gasteiger partial charge in [-0.3, -0.25) is 4.98 Å². The van der Waals surface area contributed by atoms with Crippen LogP contribution in [0.5, 0.6) is 5.75 Å². The molecule has 2 heterocycles. The van der Waals surface area contributed by atoms with Crippen LogP contribution in [0.2, 0.25) is 0 Å². The Morgan fingerprint density at radius 1 is 1.13 bits per heavy atom. The smallest absolute Gasteiger partial charge is 0.131 e. The third-order valence-electron chi connectivity index (χ3n) is 4.47. The molecule has 0 fully saturated rings. The summed E-state index contributed by atoms with van der Waals surface area (Å²) in [5.41, 5.74) is 3.49. The molecule has 23 heavy (non-hydrogen) atoms. The number of likely N-dealkylation sites (N-methyl/N-ethyl adjacent to an activating group) is 1. The first-order chi connectivity index (χ1) is 11.3. The van der Waals surface area contributed by atoms with E-state index in [4.69, 9.17) is 4.74 Å². The van der Waals surface area contributed by atoms with Gasteiger partial charge in [0.05, 0.1) is 5.69 Å². The second kappa shape index (κ2) is 7.42. The fourth-order valence-electron chi connectivity index (χ4n) is 3.07. The number of hydrogen-bond donors (Lipinski definition) is 0. The fourth-order valence-corrected chi connectivity index (χ4v) is 3.07. The summed E-state index contributed by atoms with van der Waals surface area (Å²) in [5, 5.41) is 0. The van der Waals surface area contributed by atoms with E-state index in [0.717, 1.165) is 31.1 Å². The lowest BCUT2D eigenvalue weighted by atomic mass is 9.90. The number of hydrogen-bond acceptors (Lipinski definition) is 3. The van der Waals surface area contributed by atoms with E-state index < -0.39 is 0 Å². The lowest BCUT2D eigenvalue weighted by Crippen LogP contribution is -2.22. The SMILES string of the molecule is CCN(CC)C/C=C/C1c2ccccc2OCc2ncccc21. The first-order valence-electron chi connectivity index (χ1n) is 8.38. The fraction of sp³-hybridized carbons (Fsp3) is 0.350. The zero-order valence-corrected chi connectivity index (χ0v) is 13.9. The van der Waals surface area contributed by atoms with Gasteiger partial charge in [-0.2, -0.15) is 0 Å². The molecule has 0 aliphatic carbocycles. The van der Waals surface area contributed by atoms with Crippen molar-refractivity contribution < 1.29 is 4.74 Å². The normalized spacial score (nSPS) is 16.7. The Bertz CT molecular complexity index is 629. The van der Waals surface area contributed by atoms with Crippen molar-refractivity contribution in [2.75, 3.05) is 19.6 Å². The van der Waals surface area contributed by atoms with Crippen LogP contribution in [0.25, 0.3) is 0 Å². The molecular formula is C20H24N2O. The average molecular weight is 308 g/mol. The lowest BCUT2D eigenvalue weighted by molar-refractivity contribution is 0.302. The number of aromatic nitrogens is 1. The van der Waals surface area contributed by atoms with Crippen LogP contribution in [0.4, 0.5) is 0 Å². The Morgan fingerprint density at radius 3 is 2.74 bits per heavy atom. The van der Waals surface area contributed by atoms with Gasteiger partial charge in [-0.25, -0.2) is 0 Å². The number of para-hydroxylation sites is 1. The molecule has 1 aliphatic rings. The first-order valence-corrected chi connectivity index (χ1v) is 8.38. The summed E-state index contributed by atoms with van der Waals surface area (Å²) in [6, 6.07) is 12.5. The third kappa shape index (κ3) is 3.45. The van der Waals surface area contributed by atoms with Crippen molar-refractivity contribution in [2.45, 2.75) is 26.4 Å². The maximum atomic E-state index is 5.97. The van der Waals surface area contributed by atoms with Crippen LogP contribution in [0, 0.1) is 0 Å². The van der Waals surface area contributed by atoms with Gasteiger partial charge in [-0.15, -0.1) is 0 Å². The van der Waals surface area contributed by atoms with Crippen molar-refractivity contribution in [3.05, 3.63) is 71.6 Å². The van der Waals surface area contributed by atoms with E-state index in [1.54, 1.807) is 0 Å². The lowest BCUT2D eigenvalue weighted by Gasteiger charge is -2.17. The topological polar surface area (TPSA) is 25.4 Å². The van der Waals surface area contributed by atoms with E-state index in [2.05, 4.69) is 54.1 Å². The highest BCUT2D eigenvalue weighted by molar-refractivity contribution is 5.47. The molecule has 0 saturated carbocycles. The Kier molecular flexibility index (Phi) is 5.09. The number of pyridine rings is 1. The number of nitrogens with zero attached hydrogens (tertiary/aromatic N) is 2. The van der Waals surface area contributed by atoms with E-state index >= 15 is 0 Å². The molecule has 0 spiro atoms. The quantitative estimate of drug-likeness (QED) is 0.781. The summed E-state index contributed by atoms with van der Waals surface area (Å²) in [4.78, 5) is 6.92. The van der Waals surface area contributed by atoms with Crippen molar-refractivity contribution in [3.63, 3.8) is 0 Å². The highest BCUT2D eigenvalue weighted by Crippen LogP contribution is 2.37. The minimum atomic E-state index is 0.202. The summed E-state index contributed by atoms with van der Waals surface area (Å²) in [7, 11) is 0. The maximum absolute atomic E-state index is 5.97. The van der Waals surface area contributed by atoms with Crippen molar-refractivity contribution in [3.8, 4) is 5.75 Å². The third-order valence-corrected chi connectivity index (χ3v) is 4.47. The minimum Gasteiger partial charge on any atom is -0.487 e. The van der Waals surface area contributed by atoms with Crippen LogP contribution in [0.3, 0.4) is 0 Å². The molecule has 3 heteroatoms. The summed E-state index contributed by atoms with van der Waals surface area (Å²) < 4.78 is 5.97. The van der Waals surface area contributed by atoms with Gasteiger partial charge in [0, 0.05) is 24.2 Å². The second-order valence-electron chi connectivity index (χ2n) is 5.76. The van der Waals surface area contributed by atoms with E-state index in [-0.39, 0.29) is 5.92 Å². The molecule has 0 amide bonds. The summed E-state index contributed by atoms with van der Waals surface area (Å²) >= 11 is 0. The Morgan fingerprint density at radius 2 is 1.91 bits per heavy atom. The molecule has 0 radical (unpaired) electrons. The van der Waals surface area contributed by atoms with E-state index in [1.165, 1.54) is 11.1 Å². The van der Waals surface area contributed by atoms with Crippen LogP contribution in [0.1, 0.15) is 36.6 Å². The van der Waals surface area contributed by atoms with Crippen LogP contribution in [-0.2, 0) is 6.61 Å². The molecule has 0 saturated heterocycles.